The van der Waals surface area contributed by atoms with Crippen LogP contribution in [-0.4, -0.2) is 54.5 Å². The first-order chi connectivity index (χ1) is 26.9. The first-order valence-electron chi connectivity index (χ1n) is 18.3. The van der Waals surface area contributed by atoms with E-state index >= 15 is 0 Å². The van der Waals surface area contributed by atoms with E-state index in [1.165, 1.54) is 0 Å². The summed E-state index contributed by atoms with van der Waals surface area (Å²) in [5, 5.41) is 4.09. The maximum atomic E-state index is 14.9. The average Bonchev–Trinajstić information content (AvgIpc) is 3.98. The van der Waals surface area contributed by atoms with Crippen LogP contribution in [-0.2, 0) is 4.79 Å². The Morgan fingerprint density at radius 3 is 1.65 bits per heavy atom. The minimum Gasteiger partial charge on any atom is -0.493 e. The van der Waals surface area contributed by atoms with Gasteiger partial charge in [-0.05, 0) is 76.0 Å². The van der Waals surface area contributed by atoms with Crippen molar-refractivity contribution < 1.29 is 42.7 Å². The van der Waals surface area contributed by atoms with Gasteiger partial charge in [0.05, 0.1) is 37.7 Å². The molecule has 11 rings (SSSR count). The number of hydrogen-bond donors (Lipinski definition) is 0. The van der Waals surface area contributed by atoms with E-state index in [1.54, 1.807) is 14.2 Å². The fourth-order valence-electron chi connectivity index (χ4n) is 9.29. The van der Waals surface area contributed by atoms with E-state index in [-0.39, 0.29) is 51.1 Å². The SMILES string of the molecule is COc1ccc2c(c1OC)[C@H](CC(=O)C[C@@H]1c3cc4c(cc3-c3ccc5cc6c(cc5c3N1C)OCO6)OCO4)N(C)c1c-2ccc2cc3c(cc12)OCO3. The van der Waals surface area contributed by atoms with Crippen molar-refractivity contribution in [1.82, 2.24) is 0 Å². The van der Waals surface area contributed by atoms with E-state index in [4.69, 9.17) is 37.9 Å². The second-order valence-electron chi connectivity index (χ2n) is 14.5. The number of rotatable bonds is 6. The van der Waals surface area contributed by atoms with Crippen molar-refractivity contribution in [3.63, 3.8) is 0 Å². The molecule has 0 amide bonds. The first kappa shape index (κ1) is 32.0. The summed E-state index contributed by atoms with van der Waals surface area (Å²) in [5.74, 6) is 5.56. The van der Waals surface area contributed by atoms with E-state index in [0.717, 1.165) is 77.8 Å². The van der Waals surface area contributed by atoms with Crippen LogP contribution in [0.2, 0.25) is 0 Å². The minimum atomic E-state index is -0.367. The standard InChI is InChI=1S/C44H36N2O9/c1-45-32(31-18-40-39(54-21-55-40)17-30(31)27-8-6-23-12-36-38(53-20-51-36)16-29(23)43(27)45)13-24(47)14-33-41-25(9-10-34(48-3)44(41)49-4)26-7-5-22-11-35-37(52-19-50-35)15-28(22)42(26)46(33)2/h5-12,15-18,32-33H,13-14,19-21H2,1-4H3/t32-,33+/m1/s1. The van der Waals surface area contributed by atoms with E-state index in [2.05, 4.69) is 60.3 Å². The molecular formula is C44H36N2O9. The number of benzene rings is 6. The van der Waals surface area contributed by atoms with Crippen LogP contribution in [0.1, 0.15) is 36.1 Å². The minimum absolute atomic E-state index is 0.0933. The molecule has 0 unspecified atom stereocenters. The third-order valence-electron chi connectivity index (χ3n) is 11.9. The molecule has 0 spiro atoms. The highest BCUT2D eigenvalue weighted by Crippen LogP contribution is 2.56. The third kappa shape index (κ3) is 4.58. The molecule has 55 heavy (non-hydrogen) atoms. The molecule has 0 aromatic heterocycles. The summed E-state index contributed by atoms with van der Waals surface area (Å²) >= 11 is 0. The average molecular weight is 737 g/mol. The lowest BCUT2D eigenvalue weighted by Gasteiger charge is -2.40. The number of hydrogen-bond acceptors (Lipinski definition) is 11. The lowest BCUT2D eigenvalue weighted by Crippen LogP contribution is -2.33. The summed E-state index contributed by atoms with van der Waals surface area (Å²) in [5.41, 5.74) is 8.06. The number of carbonyl (C=O) groups is 1. The molecule has 5 aliphatic heterocycles. The van der Waals surface area contributed by atoms with Crippen molar-refractivity contribution >= 4 is 38.7 Å². The number of fused-ring (bicyclic) bond motifs is 13. The van der Waals surface area contributed by atoms with E-state index in [0.29, 0.717) is 34.5 Å². The molecule has 0 aliphatic carbocycles. The molecule has 0 saturated carbocycles. The van der Waals surface area contributed by atoms with Gasteiger partial charge in [0.25, 0.3) is 0 Å². The van der Waals surface area contributed by atoms with Gasteiger partial charge < -0.3 is 47.7 Å². The van der Waals surface area contributed by atoms with Gasteiger partial charge in [-0.2, -0.15) is 0 Å². The van der Waals surface area contributed by atoms with Gasteiger partial charge in [0.15, 0.2) is 46.0 Å². The smallest absolute Gasteiger partial charge is 0.231 e. The molecule has 0 radical (unpaired) electrons. The molecule has 0 fully saturated rings. The third-order valence-corrected chi connectivity index (χ3v) is 11.9. The van der Waals surface area contributed by atoms with Gasteiger partial charge in [-0.1, -0.05) is 24.3 Å². The largest absolute Gasteiger partial charge is 0.493 e. The van der Waals surface area contributed by atoms with Crippen LogP contribution in [0.25, 0.3) is 43.8 Å². The normalized spacial score (nSPS) is 17.9. The van der Waals surface area contributed by atoms with Crippen molar-refractivity contribution in [2.24, 2.45) is 0 Å². The highest BCUT2D eigenvalue weighted by molar-refractivity contribution is 6.07. The monoisotopic (exact) mass is 736 g/mol. The highest BCUT2D eigenvalue weighted by atomic mass is 16.7. The number of ether oxygens (including phenoxy) is 8. The summed E-state index contributed by atoms with van der Waals surface area (Å²) in [7, 11) is 7.41. The molecule has 5 heterocycles. The van der Waals surface area contributed by atoms with Gasteiger partial charge in [0.2, 0.25) is 20.4 Å². The second kappa shape index (κ2) is 11.8. The fourth-order valence-corrected chi connectivity index (χ4v) is 9.29. The summed E-state index contributed by atoms with van der Waals surface area (Å²) in [6.45, 7) is 0.529. The zero-order valence-electron chi connectivity index (χ0n) is 30.7. The molecule has 5 aliphatic rings. The quantitative estimate of drug-likeness (QED) is 0.165. The maximum absolute atomic E-state index is 14.9. The fraction of sp³-hybridized carbons (Fsp3) is 0.250. The van der Waals surface area contributed by atoms with Gasteiger partial charge in [-0.3, -0.25) is 4.79 Å². The van der Waals surface area contributed by atoms with E-state index in [9.17, 15) is 4.79 Å². The summed E-state index contributed by atoms with van der Waals surface area (Å²) in [6, 6.07) is 24.0. The zero-order chi connectivity index (χ0) is 37.1. The van der Waals surface area contributed by atoms with Crippen molar-refractivity contribution in [2.75, 3.05) is 58.5 Å². The van der Waals surface area contributed by atoms with Crippen molar-refractivity contribution in [3.8, 4) is 68.2 Å². The molecule has 0 bridgehead atoms. The van der Waals surface area contributed by atoms with Crippen molar-refractivity contribution in [2.45, 2.75) is 24.9 Å². The Morgan fingerprint density at radius 2 is 1.07 bits per heavy atom. The molecule has 6 aromatic carbocycles. The maximum Gasteiger partial charge on any atom is 0.231 e. The van der Waals surface area contributed by atoms with Crippen molar-refractivity contribution in [3.05, 3.63) is 83.9 Å². The lowest BCUT2D eigenvalue weighted by molar-refractivity contribution is -0.119. The predicted octanol–water partition coefficient (Wildman–Crippen LogP) is 8.56. The number of Topliss-reactive ketones (excluding diaryl/α,β-unsaturated/α-hetero) is 1. The Balaban J connectivity index is 1.02. The molecule has 11 heteroatoms. The summed E-state index contributed by atoms with van der Waals surface area (Å²) < 4.78 is 46.7. The van der Waals surface area contributed by atoms with Crippen LogP contribution in [0.4, 0.5) is 11.4 Å². The van der Waals surface area contributed by atoms with Gasteiger partial charge >= 0.3 is 0 Å². The number of methoxy groups -OCH3 is 2. The van der Waals surface area contributed by atoms with Crippen LogP contribution < -0.4 is 47.7 Å². The Labute approximate surface area is 316 Å². The molecule has 11 nitrogen and oxygen atoms in total. The number of nitrogens with zero attached hydrogens (tertiary/aromatic N) is 2. The van der Waals surface area contributed by atoms with E-state index in [1.807, 2.05) is 36.4 Å². The Kier molecular flexibility index (Phi) is 6.84. The zero-order valence-corrected chi connectivity index (χ0v) is 30.7. The predicted molar refractivity (Wildman–Crippen MR) is 207 cm³/mol. The Hall–Kier alpha value is -6.49. The van der Waals surface area contributed by atoms with Crippen LogP contribution in [0.3, 0.4) is 0 Å². The number of carbonyl (C=O) groups excluding carboxylic acids is 1. The lowest BCUT2D eigenvalue weighted by atomic mass is 9.81. The van der Waals surface area contributed by atoms with Crippen LogP contribution >= 0.6 is 0 Å². The summed E-state index contributed by atoms with van der Waals surface area (Å²) in [4.78, 5) is 19.3. The molecular weight excluding hydrogens is 700 g/mol. The Morgan fingerprint density at radius 1 is 0.582 bits per heavy atom. The summed E-state index contributed by atoms with van der Waals surface area (Å²) in [6.07, 6.45) is 0.468. The molecule has 276 valence electrons. The van der Waals surface area contributed by atoms with Gasteiger partial charge in [-0.15, -0.1) is 0 Å². The molecule has 2 atom stereocenters. The highest BCUT2D eigenvalue weighted by Gasteiger charge is 2.39. The van der Waals surface area contributed by atoms with Gasteiger partial charge in [-0.25, -0.2) is 0 Å². The molecule has 0 saturated heterocycles. The van der Waals surface area contributed by atoms with Crippen molar-refractivity contribution in [1.29, 1.82) is 0 Å². The first-order valence-corrected chi connectivity index (χ1v) is 18.3. The van der Waals surface area contributed by atoms with Gasteiger partial charge in [0.1, 0.15) is 5.78 Å². The van der Waals surface area contributed by atoms with Gasteiger partial charge in [0, 0.05) is 54.4 Å². The van der Waals surface area contributed by atoms with E-state index < -0.39 is 0 Å². The van der Waals surface area contributed by atoms with Crippen LogP contribution in [0.5, 0.6) is 46.0 Å². The van der Waals surface area contributed by atoms with Crippen LogP contribution in [0, 0.1) is 0 Å². The molecule has 6 aromatic rings. The second-order valence-corrected chi connectivity index (χ2v) is 14.5. The van der Waals surface area contributed by atoms with Crippen LogP contribution in [0.15, 0.2) is 72.8 Å². The number of anilines is 2. The number of ketones is 1. The molecule has 0 N–H and O–H groups in total. The topological polar surface area (TPSA) is 97.4 Å². The Bertz CT molecular complexity index is 2660.